The average molecular weight is 242 g/mol. The van der Waals surface area contributed by atoms with E-state index in [0.717, 1.165) is 0 Å². The van der Waals surface area contributed by atoms with Crippen molar-refractivity contribution >= 4 is 13.6 Å². The highest BCUT2D eigenvalue weighted by Crippen LogP contribution is 2.33. The van der Waals surface area contributed by atoms with E-state index in [1.165, 1.54) is 0 Å². The summed E-state index contributed by atoms with van der Waals surface area (Å²) in [5, 5.41) is 15.9. The predicted molar refractivity (Wildman–Crippen MR) is 52.6 cm³/mol. The average Bonchev–Trinajstić information content (AvgIpc) is 2.01. The van der Waals surface area contributed by atoms with Crippen LogP contribution >= 0.6 is 7.60 Å². The number of aliphatic carboxylic acids is 1. The smallest absolute Gasteiger partial charge is 0.336 e. The van der Waals surface area contributed by atoms with Gasteiger partial charge in [0.2, 0.25) is 0 Å². The second kappa shape index (κ2) is 9.82. The molecule has 0 rings (SSSR count). The number of carboxylic acid groups (broad SMARTS) is 1. The van der Waals surface area contributed by atoms with Crippen LogP contribution < -0.4 is 0 Å². The van der Waals surface area contributed by atoms with Gasteiger partial charge in [-0.2, -0.15) is 0 Å². The van der Waals surface area contributed by atoms with Crippen molar-refractivity contribution in [3.05, 3.63) is 12.7 Å². The van der Waals surface area contributed by atoms with E-state index in [0.29, 0.717) is 13.2 Å². The molecule has 4 N–H and O–H groups in total. The molecule has 0 aliphatic heterocycles. The number of hydrogen-bond acceptors (Lipinski definition) is 4. The van der Waals surface area contributed by atoms with E-state index in [1.807, 2.05) is 0 Å². The quantitative estimate of drug-likeness (QED) is 0.279. The van der Waals surface area contributed by atoms with Crippen LogP contribution in [0.15, 0.2) is 12.7 Å². The highest BCUT2D eigenvalue weighted by molar-refractivity contribution is 7.52. The van der Waals surface area contributed by atoms with Crippen molar-refractivity contribution in [1.29, 1.82) is 0 Å². The number of hydrogen-bond donors (Lipinski definition) is 4. The van der Waals surface area contributed by atoms with Crippen molar-refractivity contribution in [1.82, 2.24) is 0 Å². The van der Waals surface area contributed by atoms with Gasteiger partial charge in [-0.15, -0.1) is 6.58 Å². The Kier molecular flexibility index (Phi) is 10.9. The van der Waals surface area contributed by atoms with Crippen LogP contribution in [0.4, 0.5) is 0 Å². The third-order valence-corrected chi connectivity index (χ3v) is 1.50. The molecule has 0 radical (unpaired) electrons. The zero-order chi connectivity index (χ0) is 12.3. The molecule has 90 valence electrons. The van der Waals surface area contributed by atoms with E-state index >= 15 is 0 Å². The summed E-state index contributed by atoms with van der Waals surface area (Å²) in [5.41, 5.74) is 0. The minimum atomic E-state index is -4.32. The van der Waals surface area contributed by atoms with E-state index in [-0.39, 0.29) is 6.61 Å². The zero-order valence-corrected chi connectivity index (χ0v) is 8.97. The summed E-state index contributed by atoms with van der Waals surface area (Å²) in [6.45, 7) is 4.45. The fourth-order valence-electron chi connectivity index (χ4n) is 0.407. The minimum absolute atomic E-state index is 0.0911. The summed E-state index contributed by atoms with van der Waals surface area (Å²) in [6, 6.07) is 0. The van der Waals surface area contributed by atoms with Crippen LogP contribution in [0.5, 0.6) is 0 Å². The van der Waals surface area contributed by atoms with Crippen LogP contribution in [-0.2, 0) is 14.1 Å². The van der Waals surface area contributed by atoms with Crippen LogP contribution in [0.3, 0.4) is 0 Å². The Labute approximate surface area is 87.2 Å². The summed E-state index contributed by atoms with van der Waals surface area (Å²) in [7, 11) is -4.32. The number of aliphatic hydroxyl groups excluding tert-OH is 1. The van der Waals surface area contributed by atoms with Crippen LogP contribution in [0, 0.1) is 0 Å². The van der Waals surface area contributed by atoms with E-state index in [4.69, 9.17) is 24.7 Å². The first kappa shape index (κ1) is 16.7. The van der Waals surface area contributed by atoms with Gasteiger partial charge in [-0.25, -0.2) is 0 Å². The highest BCUT2D eigenvalue weighted by atomic mass is 31.2. The maximum absolute atomic E-state index is 9.76. The molecule has 0 unspecified atom stereocenters. The van der Waals surface area contributed by atoms with Gasteiger partial charge in [-0.3, -0.25) is 9.36 Å². The molecule has 0 aromatic carbocycles. The molecular formula is C7H15O7P. The van der Waals surface area contributed by atoms with Crippen LogP contribution in [0.25, 0.3) is 0 Å². The van der Waals surface area contributed by atoms with Gasteiger partial charge in [0.05, 0.1) is 19.8 Å². The zero-order valence-electron chi connectivity index (χ0n) is 8.07. The highest BCUT2D eigenvalue weighted by Gasteiger charge is 2.17. The Morgan fingerprint density at radius 3 is 2.20 bits per heavy atom. The van der Waals surface area contributed by atoms with Gasteiger partial charge in [0.15, 0.2) is 0 Å². The molecule has 0 saturated heterocycles. The Bertz CT molecular complexity index is 221. The molecule has 0 aromatic rings. The molecule has 0 aliphatic carbocycles. The largest absolute Gasteiger partial charge is 0.481 e. The number of carbonyl (C=O) groups is 1. The van der Waals surface area contributed by atoms with Crippen molar-refractivity contribution in [2.24, 2.45) is 0 Å². The second-order valence-corrected chi connectivity index (χ2v) is 3.95. The fourth-order valence-corrected chi connectivity index (χ4v) is 0.760. The lowest BCUT2D eigenvalue weighted by Gasteiger charge is -1.95. The SMILES string of the molecule is C=CCOCCO.O=C(O)CP(=O)(O)O. The minimum Gasteiger partial charge on any atom is -0.481 e. The van der Waals surface area contributed by atoms with Crippen molar-refractivity contribution < 1.29 is 34.1 Å². The van der Waals surface area contributed by atoms with Crippen LogP contribution in [-0.4, -0.2) is 52.0 Å². The van der Waals surface area contributed by atoms with E-state index in [9.17, 15) is 9.36 Å². The molecule has 0 aromatic heterocycles. The monoisotopic (exact) mass is 242 g/mol. The number of carboxylic acids is 1. The van der Waals surface area contributed by atoms with Crippen molar-refractivity contribution in [2.45, 2.75) is 0 Å². The summed E-state index contributed by atoms with van der Waals surface area (Å²) in [5.74, 6) is -1.49. The standard InChI is InChI=1S/C5H10O2.C2H5O5P/c1-2-4-7-5-3-6;3-2(4)1-8(5,6)7/h2,6H,1,3-5H2;1H2,(H,3,4)(H2,5,6,7). The van der Waals surface area contributed by atoms with Crippen molar-refractivity contribution in [3.8, 4) is 0 Å². The van der Waals surface area contributed by atoms with Gasteiger partial charge in [0.25, 0.3) is 0 Å². The Morgan fingerprint density at radius 2 is 2.00 bits per heavy atom. The molecule has 0 heterocycles. The first-order valence-electron chi connectivity index (χ1n) is 3.89. The number of aliphatic hydroxyl groups is 1. The maximum atomic E-state index is 9.76. The summed E-state index contributed by atoms with van der Waals surface area (Å²) in [6.07, 6.45) is 0.558. The lowest BCUT2D eigenvalue weighted by atomic mass is 10.7. The maximum Gasteiger partial charge on any atom is 0.336 e. The molecule has 0 aliphatic rings. The molecule has 7 nitrogen and oxygen atoms in total. The molecule has 8 heteroatoms. The molecule has 15 heavy (non-hydrogen) atoms. The molecular weight excluding hydrogens is 227 g/mol. The number of rotatable bonds is 6. The third-order valence-electron chi connectivity index (χ3n) is 0.813. The topological polar surface area (TPSA) is 124 Å². The Balaban J connectivity index is 0. The third kappa shape index (κ3) is 24.6. The van der Waals surface area contributed by atoms with E-state index in [2.05, 4.69) is 6.58 Å². The summed E-state index contributed by atoms with van der Waals surface area (Å²) in [4.78, 5) is 25.4. The second-order valence-electron chi connectivity index (χ2n) is 2.30. The number of ether oxygens (including phenoxy) is 1. The van der Waals surface area contributed by atoms with Gasteiger partial charge < -0.3 is 24.7 Å². The molecule has 0 amide bonds. The lowest BCUT2D eigenvalue weighted by Crippen LogP contribution is -2.01. The van der Waals surface area contributed by atoms with E-state index < -0.39 is 19.7 Å². The van der Waals surface area contributed by atoms with Gasteiger partial charge >= 0.3 is 13.6 Å². The Hall–Kier alpha value is -0.720. The predicted octanol–water partition coefficient (Wildman–Crippen LogP) is -0.570. The summed E-state index contributed by atoms with van der Waals surface area (Å²) >= 11 is 0. The normalized spacial score (nSPS) is 10.1. The van der Waals surface area contributed by atoms with Crippen molar-refractivity contribution in [3.63, 3.8) is 0 Å². The molecule has 0 atom stereocenters. The molecule has 0 saturated carbocycles. The van der Waals surface area contributed by atoms with Gasteiger partial charge in [0.1, 0.15) is 6.16 Å². The fraction of sp³-hybridized carbons (Fsp3) is 0.571. The van der Waals surface area contributed by atoms with Gasteiger partial charge in [0, 0.05) is 0 Å². The van der Waals surface area contributed by atoms with Crippen molar-refractivity contribution in [2.75, 3.05) is 26.0 Å². The first-order chi connectivity index (χ1) is 6.83. The van der Waals surface area contributed by atoms with Crippen LogP contribution in [0.1, 0.15) is 0 Å². The lowest BCUT2D eigenvalue weighted by molar-refractivity contribution is -0.134. The van der Waals surface area contributed by atoms with Gasteiger partial charge in [-0.05, 0) is 0 Å². The van der Waals surface area contributed by atoms with Gasteiger partial charge in [-0.1, -0.05) is 6.08 Å². The first-order valence-corrected chi connectivity index (χ1v) is 5.69. The van der Waals surface area contributed by atoms with Crippen LogP contribution in [0.2, 0.25) is 0 Å². The molecule has 0 spiro atoms. The Morgan fingerprint density at radius 1 is 1.47 bits per heavy atom. The molecule has 0 fully saturated rings. The van der Waals surface area contributed by atoms with E-state index in [1.54, 1.807) is 6.08 Å². The molecule has 0 bridgehead atoms. The summed E-state index contributed by atoms with van der Waals surface area (Å²) < 4.78 is 14.5.